The molecule has 0 aliphatic heterocycles. The molecule has 0 unspecified atom stereocenters. The Hall–Kier alpha value is -3.48. The number of aromatic nitrogens is 2. The van der Waals surface area contributed by atoms with E-state index in [1.165, 1.54) is 24.3 Å². The zero-order valence-corrected chi connectivity index (χ0v) is 13.0. The number of aromatic hydroxyl groups is 1. The number of carbonyl (C=O) groups is 1. The number of amides is 1. The first-order valence-corrected chi connectivity index (χ1v) is 7.46. The first-order valence-electron chi connectivity index (χ1n) is 7.46. The number of hydrogen-bond acceptors (Lipinski definition) is 4. The van der Waals surface area contributed by atoms with Gasteiger partial charge in [0.25, 0.3) is 11.5 Å². The minimum absolute atomic E-state index is 0.105. The second kappa shape index (κ2) is 6.96. The zero-order chi connectivity index (χ0) is 17.8. The van der Waals surface area contributed by atoms with Crippen molar-refractivity contribution in [3.05, 3.63) is 82.0 Å². The quantitative estimate of drug-likeness (QED) is 0.679. The Morgan fingerprint density at radius 1 is 1.12 bits per heavy atom. The lowest BCUT2D eigenvalue weighted by Crippen LogP contribution is -2.26. The second-order valence-corrected chi connectivity index (χ2v) is 5.29. The number of carbonyl (C=O) groups excluding carboxylic acids is 1. The predicted octanol–water partition coefficient (Wildman–Crippen LogP) is 2.21. The standard InChI is InChI=1S/C18H14FN3O3/c19-13-8-6-11(7-9-13)10-20-17(24)14-15(23)18(25)22-16(21-14)12-4-2-1-3-5-12/h1-9,23H,10H2,(H,20,24)(H,21,22,25). The molecule has 25 heavy (non-hydrogen) atoms. The zero-order valence-electron chi connectivity index (χ0n) is 13.0. The van der Waals surface area contributed by atoms with E-state index in [4.69, 9.17) is 0 Å². The topological polar surface area (TPSA) is 95.1 Å². The molecule has 1 amide bonds. The van der Waals surface area contributed by atoms with Gasteiger partial charge in [-0.05, 0) is 17.7 Å². The molecule has 0 aliphatic carbocycles. The van der Waals surface area contributed by atoms with E-state index in [9.17, 15) is 19.1 Å². The molecule has 3 N–H and O–H groups in total. The van der Waals surface area contributed by atoms with Gasteiger partial charge in [0.15, 0.2) is 5.69 Å². The Balaban J connectivity index is 1.85. The molecule has 0 atom stereocenters. The molecule has 0 radical (unpaired) electrons. The van der Waals surface area contributed by atoms with E-state index in [1.54, 1.807) is 30.3 Å². The van der Waals surface area contributed by atoms with Crippen LogP contribution >= 0.6 is 0 Å². The fraction of sp³-hybridized carbons (Fsp3) is 0.0556. The SMILES string of the molecule is O=C(NCc1ccc(F)cc1)c1nc(-c2ccccc2)[nH]c(=O)c1O. The van der Waals surface area contributed by atoms with E-state index < -0.39 is 17.2 Å². The van der Waals surface area contributed by atoms with E-state index in [0.717, 1.165) is 0 Å². The number of H-pyrrole nitrogens is 1. The van der Waals surface area contributed by atoms with Crippen LogP contribution in [0.4, 0.5) is 4.39 Å². The molecule has 3 aromatic rings. The monoisotopic (exact) mass is 339 g/mol. The van der Waals surface area contributed by atoms with Gasteiger partial charge < -0.3 is 15.4 Å². The van der Waals surface area contributed by atoms with Crippen molar-refractivity contribution in [3.63, 3.8) is 0 Å². The molecule has 6 nitrogen and oxygen atoms in total. The van der Waals surface area contributed by atoms with E-state index in [1.807, 2.05) is 0 Å². The van der Waals surface area contributed by atoms with Gasteiger partial charge in [0.2, 0.25) is 5.75 Å². The summed E-state index contributed by atoms with van der Waals surface area (Å²) in [6.07, 6.45) is 0. The molecule has 1 heterocycles. The highest BCUT2D eigenvalue weighted by Crippen LogP contribution is 2.16. The number of benzene rings is 2. The van der Waals surface area contributed by atoms with E-state index in [-0.39, 0.29) is 23.9 Å². The number of halogens is 1. The number of aromatic amines is 1. The Bertz CT molecular complexity index is 954. The third-order valence-corrected chi connectivity index (χ3v) is 3.52. The lowest BCUT2D eigenvalue weighted by Gasteiger charge is -2.08. The number of nitrogens with zero attached hydrogens (tertiary/aromatic N) is 1. The van der Waals surface area contributed by atoms with Gasteiger partial charge in [-0.15, -0.1) is 0 Å². The van der Waals surface area contributed by atoms with E-state index in [2.05, 4.69) is 15.3 Å². The maximum Gasteiger partial charge on any atom is 0.294 e. The Kier molecular flexibility index (Phi) is 4.56. The largest absolute Gasteiger partial charge is 0.501 e. The van der Waals surface area contributed by atoms with Crippen LogP contribution in [0, 0.1) is 5.82 Å². The first-order chi connectivity index (χ1) is 12.0. The predicted molar refractivity (Wildman–Crippen MR) is 89.5 cm³/mol. The fourth-order valence-electron chi connectivity index (χ4n) is 2.23. The van der Waals surface area contributed by atoms with Crippen LogP contribution < -0.4 is 10.9 Å². The van der Waals surface area contributed by atoms with Crippen LogP contribution in [-0.2, 0) is 6.54 Å². The van der Waals surface area contributed by atoms with E-state index >= 15 is 0 Å². The van der Waals surface area contributed by atoms with Crippen LogP contribution in [0.15, 0.2) is 59.4 Å². The lowest BCUT2D eigenvalue weighted by atomic mass is 10.2. The van der Waals surface area contributed by atoms with Gasteiger partial charge in [-0.1, -0.05) is 42.5 Å². The minimum atomic E-state index is -0.805. The Morgan fingerprint density at radius 3 is 2.48 bits per heavy atom. The third-order valence-electron chi connectivity index (χ3n) is 3.52. The highest BCUT2D eigenvalue weighted by Gasteiger charge is 2.18. The molecule has 1 aromatic heterocycles. The minimum Gasteiger partial charge on any atom is -0.501 e. The molecule has 0 saturated carbocycles. The van der Waals surface area contributed by atoms with Gasteiger partial charge in [-0.3, -0.25) is 9.59 Å². The average Bonchev–Trinajstić information content (AvgIpc) is 2.64. The summed E-state index contributed by atoms with van der Waals surface area (Å²) in [5.74, 6) is -1.66. The van der Waals surface area contributed by atoms with Crippen molar-refractivity contribution in [3.8, 4) is 17.1 Å². The molecule has 0 aliphatic rings. The van der Waals surface area contributed by atoms with Crippen molar-refractivity contribution in [2.75, 3.05) is 0 Å². The van der Waals surface area contributed by atoms with Gasteiger partial charge in [-0.2, -0.15) is 0 Å². The first kappa shape index (κ1) is 16.4. The summed E-state index contributed by atoms with van der Waals surface area (Å²) in [5, 5.41) is 12.4. The van der Waals surface area contributed by atoms with Crippen LogP contribution in [0.1, 0.15) is 16.1 Å². The Labute approximate surface area is 142 Å². The maximum absolute atomic E-state index is 12.9. The van der Waals surface area contributed by atoms with Crippen molar-refractivity contribution in [2.24, 2.45) is 0 Å². The van der Waals surface area contributed by atoms with Crippen LogP contribution in [0.2, 0.25) is 0 Å². The number of rotatable bonds is 4. The average molecular weight is 339 g/mol. The van der Waals surface area contributed by atoms with Crippen molar-refractivity contribution in [2.45, 2.75) is 6.54 Å². The molecule has 0 saturated heterocycles. The van der Waals surface area contributed by atoms with Crippen LogP contribution in [0.5, 0.6) is 5.75 Å². The second-order valence-electron chi connectivity index (χ2n) is 5.29. The summed E-state index contributed by atoms with van der Waals surface area (Å²) in [6.45, 7) is 0.105. The van der Waals surface area contributed by atoms with Crippen molar-refractivity contribution >= 4 is 5.91 Å². The number of nitrogens with one attached hydrogen (secondary N) is 2. The Morgan fingerprint density at radius 2 is 1.80 bits per heavy atom. The van der Waals surface area contributed by atoms with Crippen LogP contribution in [0.25, 0.3) is 11.4 Å². The summed E-state index contributed by atoms with van der Waals surface area (Å²) >= 11 is 0. The van der Waals surface area contributed by atoms with Crippen molar-refractivity contribution in [1.82, 2.24) is 15.3 Å². The molecular formula is C18H14FN3O3. The molecule has 2 aromatic carbocycles. The van der Waals surface area contributed by atoms with Crippen LogP contribution in [-0.4, -0.2) is 21.0 Å². The molecule has 7 heteroatoms. The fourth-order valence-corrected chi connectivity index (χ4v) is 2.23. The lowest BCUT2D eigenvalue weighted by molar-refractivity contribution is 0.0942. The highest BCUT2D eigenvalue weighted by atomic mass is 19.1. The number of hydrogen-bond donors (Lipinski definition) is 3. The summed E-state index contributed by atoms with van der Waals surface area (Å²) < 4.78 is 12.9. The molecule has 0 fully saturated rings. The van der Waals surface area contributed by atoms with Gasteiger partial charge in [0, 0.05) is 12.1 Å². The van der Waals surface area contributed by atoms with Gasteiger partial charge in [0.1, 0.15) is 11.6 Å². The summed E-state index contributed by atoms with van der Waals surface area (Å²) in [5.41, 5.74) is 0.0973. The third kappa shape index (κ3) is 3.72. The van der Waals surface area contributed by atoms with Crippen molar-refractivity contribution < 1.29 is 14.3 Å². The molecular weight excluding hydrogens is 325 g/mol. The molecule has 3 rings (SSSR count). The van der Waals surface area contributed by atoms with Gasteiger partial charge in [0.05, 0.1) is 0 Å². The summed E-state index contributed by atoms with van der Waals surface area (Å²) in [4.78, 5) is 30.6. The van der Waals surface area contributed by atoms with Gasteiger partial charge in [-0.25, -0.2) is 9.37 Å². The van der Waals surface area contributed by atoms with Crippen LogP contribution in [0.3, 0.4) is 0 Å². The molecule has 0 bridgehead atoms. The van der Waals surface area contributed by atoms with E-state index in [0.29, 0.717) is 11.1 Å². The smallest absolute Gasteiger partial charge is 0.294 e. The summed E-state index contributed by atoms with van der Waals surface area (Å²) in [7, 11) is 0. The molecule has 0 spiro atoms. The normalized spacial score (nSPS) is 10.4. The summed E-state index contributed by atoms with van der Waals surface area (Å²) in [6, 6.07) is 14.4. The molecule has 126 valence electrons. The van der Waals surface area contributed by atoms with Crippen molar-refractivity contribution in [1.29, 1.82) is 0 Å². The maximum atomic E-state index is 12.9. The van der Waals surface area contributed by atoms with Gasteiger partial charge >= 0.3 is 0 Å². The highest BCUT2D eigenvalue weighted by molar-refractivity contribution is 5.95.